The normalized spacial score (nSPS) is 11.9. The molecule has 0 saturated carbocycles. The summed E-state index contributed by atoms with van der Waals surface area (Å²) in [6.07, 6.45) is 1.14. The van der Waals surface area contributed by atoms with Gasteiger partial charge in [-0.05, 0) is 59.4 Å². The molecule has 4 nitrogen and oxygen atoms in total. The largest absolute Gasteiger partial charge is 0.340 e. The SMILES string of the molecule is O=P(O)(O)CCCCn1c2ccc(-c3ccccc3)cc2c2cc(-c3ccccc3)ccc21. The molecule has 5 aromatic rings. The third-order valence-electron chi connectivity index (χ3n) is 6.16. The van der Waals surface area contributed by atoms with Gasteiger partial charge in [-0.1, -0.05) is 72.8 Å². The fourth-order valence-electron chi connectivity index (χ4n) is 4.55. The summed E-state index contributed by atoms with van der Waals surface area (Å²) in [5.74, 6) is 0. The van der Waals surface area contributed by atoms with Crippen molar-refractivity contribution < 1.29 is 14.4 Å². The maximum atomic E-state index is 11.2. The minimum absolute atomic E-state index is 0.0690. The Labute approximate surface area is 193 Å². The molecule has 0 saturated heterocycles. The van der Waals surface area contributed by atoms with Gasteiger partial charge in [0.25, 0.3) is 0 Å². The van der Waals surface area contributed by atoms with E-state index in [0.29, 0.717) is 12.8 Å². The molecule has 0 fully saturated rings. The smallest absolute Gasteiger partial charge is 0.325 e. The highest BCUT2D eigenvalue weighted by Gasteiger charge is 2.15. The molecule has 4 aromatic carbocycles. The Kier molecular flexibility index (Phi) is 5.90. The molecule has 0 unspecified atom stereocenters. The topological polar surface area (TPSA) is 62.5 Å². The number of fused-ring (bicyclic) bond motifs is 3. The monoisotopic (exact) mass is 455 g/mol. The summed E-state index contributed by atoms with van der Waals surface area (Å²) in [6.45, 7) is 0.718. The van der Waals surface area contributed by atoms with Crippen LogP contribution >= 0.6 is 7.60 Å². The van der Waals surface area contributed by atoms with Gasteiger partial charge in [-0.3, -0.25) is 4.57 Å². The first-order chi connectivity index (χ1) is 16.0. The highest BCUT2D eigenvalue weighted by molar-refractivity contribution is 7.51. The molecule has 166 valence electrons. The van der Waals surface area contributed by atoms with E-state index in [1.54, 1.807) is 0 Å². The van der Waals surface area contributed by atoms with E-state index in [1.165, 1.54) is 33.0 Å². The van der Waals surface area contributed by atoms with Crippen molar-refractivity contribution in [1.29, 1.82) is 0 Å². The first-order valence-corrected chi connectivity index (χ1v) is 13.0. The van der Waals surface area contributed by atoms with Crippen LogP contribution in [0.3, 0.4) is 0 Å². The number of rotatable bonds is 7. The average Bonchev–Trinajstić information content (AvgIpc) is 3.14. The number of unbranched alkanes of at least 4 members (excludes halogenated alkanes) is 1. The molecule has 0 radical (unpaired) electrons. The molecule has 2 N–H and O–H groups in total. The lowest BCUT2D eigenvalue weighted by Gasteiger charge is -2.09. The van der Waals surface area contributed by atoms with E-state index in [2.05, 4.69) is 89.5 Å². The predicted molar refractivity (Wildman–Crippen MR) is 136 cm³/mol. The van der Waals surface area contributed by atoms with Gasteiger partial charge in [0, 0.05) is 34.5 Å². The lowest BCUT2D eigenvalue weighted by Crippen LogP contribution is -1.99. The summed E-state index contributed by atoms with van der Waals surface area (Å²) >= 11 is 0. The lowest BCUT2D eigenvalue weighted by molar-refractivity contribution is 0.370. The molecule has 33 heavy (non-hydrogen) atoms. The van der Waals surface area contributed by atoms with E-state index in [0.717, 1.165) is 17.6 Å². The number of nitrogens with zero attached hydrogens (tertiary/aromatic N) is 1. The Hall–Kier alpha value is -3.17. The molecule has 5 heteroatoms. The van der Waals surface area contributed by atoms with Crippen molar-refractivity contribution in [3.8, 4) is 22.3 Å². The van der Waals surface area contributed by atoms with Crippen molar-refractivity contribution in [1.82, 2.24) is 4.57 Å². The molecule has 0 aliphatic carbocycles. The van der Waals surface area contributed by atoms with Crippen LogP contribution in [0.1, 0.15) is 12.8 Å². The van der Waals surface area contributed by atoms with Crippen LogP contribution in [0.25, 0.3) is 44.1 Å². The van der Waals surface area contributed by atoms with Gasteiger partial charge in [-0.15, -0.1) is 0 Å². The van der Waals surface area contributed by atoms with Crippen molar-refractivity contribution in [2.45, 2.75) is 19.4 Å². The summed E-state index contributed by atoms with van der Waals surface area (Å²) < 4.78 is 13.5. The summed E-state index contributed by atoms with van der Waals surface area (Å²) in [6, 6.07) is 33.9. The van der Waals surface area contributed by atoms with E-state index in [9.17, 15) is 14.4 Å². The van der Waals surface area contributed by atoms with Crippen LogP contribution in [-0.4, -0.2) is 20.5 Å². The van der Waals surface area contributed by atoms with Gasteiger partial charge in [0.2, 0.25) is 0 Å². The van der Waals surface area contributed by atoms with Crippen LogP contribution in [0.5, 0.6) is 0 Å². The molecule has 0 bridgehead atoms. The zero-order chi connectivity index (χ0) is 22.8. The number of hydrogen-bond acceptors (Lipinski definition) is 1. The maximum absolute atomic E-state index is 11.2. The average molecular weight is 455 g/mol. The van der Waals surface area contributed by atoms with E-state index in [4.69, 9.17) is 0 Å². The molecule has 0 atom stereocenters. The first kappa shape index (κ1) is 21.7. The summed E-state index contributed by atoms with van der Waals surface area (Å²) in [7, 11) is -3.96. The summed E-state index contributed by atoms with van der Waals surface area (Å²) in [4.78, 5) is 18.4. The second kappa shape index (κ2) is 8.99. The Bertz CT molecular complexity index is 1360. The van der Waals surface area contributed by atoms with E-state index in [-0.39, 0.29) is 6.16 Å². The molecule has 0 aliphatic rings. The molecule has 1 heterocycles. The molecule has 0 aliphatic heterocycles. The van der Waals surface area contributed by atoms with Crippen LogP contribution in [-0.2, 0) is 11.1 Å². The second-order valence-electron chi connectivity index (χ2n) is 8.44. The van der Waals surface area contributed by atoms with Gasteiger partial charge in [-0.2, -0.15) is 0 Å². The molecular formula is C28H26NO3P. The molecule has 1 aromatic heterocycles. The van der Waals surface area contributed by atoms with Gasteiger partial charge >= 0.3 is 7.60 Å². The van der Waals surface area contributed by atoms with Crippen LogP contribution < -0.4 is 0 Å². The highest BCUT2D eigenvalue weighted by Crippen LogP contribution is 2.37. The van der Waals surface area contributed by atoms with E-state index >= 15 is 0 Å². The minimum Gasteiger partial charge on any atom is -0.340 e. The van der Waals surface area contributed by atoms with Crippen LogP contribution in [0.2, 0.25) is 0 Å². The summed E-state index contributed by atoms with van der Waals surface area (Å²) in [5.41, 5.74) is 7.00. The van der Waals surface area contributed by atoms with Crippen LogP contribution in [0.4, 0.5) is 0 Å². The Morgan fingerprint density at radius 2 is 1.09 bits per heavy atom. The second-order valence-corrected chi connectivity index (χ2v) is 10.2. The lowest BCUT2D eigenvalue weighted by atomic mass is 10.0. The minimum atomic E-state index is -3.96. The number of hydrogen-bond donors (Lipinski definition) is 2. The van der Waals surface area contributed by atoms with E-state index < -0.39 is 7.60 Å². The zero-order valence-corrected chi connectivity index (χ0v) is 19.2. The fourth-order valence-corrected chi connectivity index (χ4v) is 5.19. The van der Waals surface area contributed by atoms with E-state index in [1.807, 2.05) is 12.1 Å². The Balaban J connectivity index is 1.62. The Morgan fingerprint density at radius 3 is 1.55 bits per heavy atom. The van der Waals surface area contributed by atoms with Crippen LogP contribution in [0.15, 0.2) is 97.1 Å². The first-order valence-electron chi connectivity index (χ1n) is 11.2. The summed E-state index contributed by atoms with van der Waals surface area (Å²) in [5, 5.41) is 2.39. The van der Waals surface area contributed by atoms with Gasteiger partial charge in [0.15, 0.2) is 0 Å². The van der Waals surface area contributed by atoms with Gasteiger partial charge in [0.05, 0.1) is 0 Å². The molecule has 0 amide bonds. The standard InChI is InChI=1S/C28H26NO3P/c30-33(31,32)18-8-7-17-29-27-15-13-23(21-9-3-1-4-10-21)19-25(27)26-20-24(14-16-28(26)29)22-11-5-2-6-12-22/h1-6,9-16,19-20H,7-8,17-18H2,(H2,30,31,32). The fraction of sp³-hybridized carbons (Fsp3) is 0.143. The number of benzene rings is 4. The third-order valence-corrected chi connectivity index (χ3v) is 7.06. The quantitative estimate of drug-likeness (QED) is 0.203. The van der Waals surface area contributed by atoms with Crippen molar-refractivity contribution in [2.75, 3.05) is 6.16 Å². The van der Waals surface area contributed by atoms with Gasteiger partial charge in [0.1, 0.15) is 0 Å². The number of aryl methyl sites for hydroxylation is 1. The van der Waals surface area contributed by atoms with Gasteiger partial charge < -0.3 is 14.4 Å². The zero-order valence-electron chi connectivity index (χ0n) is 18.3. The van der Waals surface area contributed by atoms with Crippen LogP contribution in [0, 0.1) is 0 Å². The van der Waals surface area contributed by atoms with Gasteiger partial charge in [-0.25, -0.2) is 0 Å². The van der Waals surface area contributed by atoms with Crippen molar-refractivity contribution in [2.24, 2.45) is 0 Å². The predicted octanol–water partition coefficient (Wildman–Crippen LogP) is 7.09. The third kappa shape index (κ3) is 4.65. The highest BCUT2D eigenvalue weighted by atomic mass is 31.2. The molecule has 0 spiro atoms. The molecular weight excluding hydrogens is 429 g/mol. The Morgan fingerprint density at radius 1 is 0.606 bits per heavy atom. The maximum Gasteiger partial charge on any atom is 0.325 e. The van der Waals surface area contributed by atoms with Crippen molar-refractivity contribution >= 4 is 29.4 Å². The van der Waals surface area contributed by atoms with Crippen molar-refractivity contribution in [3.63, 3.8) is 0 Å². The number of aromatic nitrogens is 1. The molecule has 5 rings (SSSR count). The van der Waals surface area contributed by atoms with Crippen molar-refractivity contribution in [3.05, 3.63) is 97.1 Å².